The van der Waals surface area contributed by atoms with Gasteiger partial charge in [-0.25, -0.2) is 0 Å². The molecule has 0 atom stereocenters. The zero-order valence-electron chi connectivity index (χ0n) is 6.59. The molecule has 0 aliphatic carbocycles. The number of rotatable bonds is 3. The fourth-order valence-electron chi connectivity index (χ4n) is 0.880. The van der Waals surface area contributed by atoms with Gasteiger partial charge in [-0.15, -0.1) is 0 Å². The minimum Gasteiger partial charge on any atom is -0.269 e. The molecule has 1 rings (SSSR count). The Kier molecular flexibility index (Phi) is 2.49. The summed E-state index contributed by atoms with van der Waals surface area (Å²) in [5.41, 5.74) is 1.20. The first-order valence-electron chi connectivity index (χ1n) is 3.75. The zero-order chi connectivity index (χ0) is 7.40. The Morgan fingerprint density at radius 2 is 2.50 bits per heavy atom. The van der Waals surface area contributed by atoms with Crippen LogP contribution in [0.2, 0.25) is 0 Å². The van der Waals surface area contributed by atoms with E-state index in [1.165, 1.54) is 18.5 Å². The highest BCUT2D eigenvalue weighted by Gasteiger charge is 1.93. The molecule has 0 aromatic carbocycles. The van der Waals surface area contributed by atoms with Gasteiger partial charge in [0.25, 0.3) is 0 Å². The second-order valence-electron chi connectivity index (χ2n) is 2.49. The fourth-order valence-corrected chi connectivity index (χ4v) is 0.880. The van der Waals surface area contributed by atoms with Gasteiger partial charge in [0.15, 0.2) is 0 Å². The molecule has 1 radical (unpaired) electrons. The number of aryl methyl sites for hydroxylation is 2. The van der Waals surface area contributed by atoms with Gasteiger partial charge in [0, 0.05) is 12.2 Å². The number of unbranched alkanes of at least 4 members (excludes halogenated alkanes) is 1. The van der Waals surface area contributed by atoms with Gasteiger partial charge in [0.1, 0.15) is 6.20 Å². The first-order chi connectivity index (χ1) is 4.84. The number of hydrogen-bond donors (Lipinski definition) is 0. The van der Waals surface area contributed by atoms with Gasteiger partial charge >= 0.3 is 0 Å². The monoisotopic (exact) mass is 137 g/mol. The van der Waals surface area contributed by atoms with Gasteiger partial charge in [0.2, 0.25) is 0 Å². The van der Waals surface area contributed by atoms with Gasteiger partial charge in [0.05, 0.1) is 0 Å². The summed E-state index contributed by atoms with van der Waals surface area (Å²) in [6, 6.07) is 1.91. The average molecular weight is 137 g/mol. The van der Waals surface area contributed by atoms with Gasteiger partial charge in [-0.3, -0.25) is 4.68 Å². The van der Waals surface area contributed by atoms with Crippen LogP contribution in [-0.4, -0.2) is 9.78 Å². The van der Waals surface area contributed by atoms with E-state index in [4.69, 9.17) is 0 Å². The molecule has 0 fully saturated rings. The van der Waals surface area contributed by atoms with Crippen molar-refractivity contribution in [3.05, 3.63) is 18.0 Å². The lowest BCUT2D eigenvalue weighted by Gasteiger charge is -2.00. The van der Waals surface area contributed by atoms with Crippen molar-refractivity contribution >= 4 is 0 Å². The van der Waals surface area contributed by atoms with E-state index in [0.29, 0.717) is 0 Å². The molecule has 2 heteroatoms. The topological polar surface area (TPSA) is 17.8 Å². The van der Waals surface area contributed by atoms with Crippen LogP contribution in [0.3, 0.4) is 0 Å². The van der Waals surface area contributed by atoms with Crippen LogP contribution in [0.5, 0.6) is 0 Å². The highest BCUT2D eigenvalue weighted by atomic mass is 15.3. The lowest BCUT2D eigenvalue weighted by molar-refractivity contribution is 0.558. The van der Waals surface area contributed by atoms with E-state index in [1.54, 1.807) is 0 Å². The van der Waals surface area contributed by atoms with Gasteiger partial charge in [-0.2, -0.15) is 5.10 Å². The molecule has 55 valence electrons. The SMILES string of the molecule is CCCCn1n[c]cc1C. The fraction of sp³-hybridized carbons (Fsp3) is 0.625. The molecule has 0 bridgehead atoms. The largest absolute Gasteiger partial charge is 0.269 e. The summed E-state index contributed by atoms with van der Waals surface area (Å²) in [5.74, 6) is 0. The van der Waals surface area contributed by atoms with E-state index >= 15 is 0 Å². The highest BCUT2D eigenvalue weighted by molar-refractivity contribution is 4.94. The van der Waals surface area contributed by atoms with E-state index in [9.17, 15) is 0 Å². The summed E-state index contributed by atoms with van der Waals surface area (Å²) in [7, 11) is 0. The van der Waals surface area contributed by atoms with Crippen molar-refractivity contribution in [3.8, 4) is 0 Å². The summed E-state index contributed by atoms with van der Waals surface area (Å²) < 4.78 is 1.99. The molecule has 1 heterocycles. The molecule has 0 N–H and O–H groups in total. The molecule has 0 spiro atoms. The Labute approximate surface area is 61.9 Å². The second-order valence-corrected chi connectivity index (χ2v) is 2.49. The summed E-state index contributed by atoms with van der Waals surface area (Å²) >= 11 is 0. The van der Waals surface area contributed by atoms with Crippen molar-refractivity contribution in [2.75, 3.05) is 0 Å². The summed E-state index contributed by atoms with van der Waals surface area (Å²) in [6.07, 6.45) is 5.25. The van der Waals surface area contributed by atoms with Crippen molar-refractivity contribution in [2.45, 2.75) is 33.2 Å². The number of hydrogen-bond acceptors (Lipinski definition) is 1. The lowest BCUT2D eigenvalue weighted by Crippen LogP contribution is -2.01. The first kappa shape index (κ1) is 7.32. The molecule has 0 aliphatic heterocycles. The van der Waals surface area contributed by atoms with Crippen LogP contribution in [0.25, 0.3) is 0 Å². The van der Waals surface area contributed by atoms with Gasteiger partial charge in [-0.1, -0.05) is 13.3 Å². The standard InChI is InChI=1S/C8H13N2/c1-3-4-7-10-8(2)5-6-9-10/h5H,3-4,7H2,1-2H3. The van der Waals surface area contributed by atoms with Crippen molar-refractivity contribution in [2.24, 2.45) is 0 Å². The Balaban J connectivity index is 2.49. The summed E-state index contributed by atoms with van der Waals surface area (Å²) in [6.45, 7) is 5.27. The minimum atomic E-state index is 1.03. The molecule has 0 saturated heterocycles. The smallest absolute Gasteiger partial charge is 0.113 e. The highest BCUT2D eigenvalue weighted by Crippen LogP contribution is 1.98. The van der Waals surface area contributed by atoms with Crippen molar-refractivity contribution in [1.82, 2.24) is 9.78 Å². The van der Waals surface area contributed by atoms with E-state index < -0.39 is 0 Å². The van der Waals surface area contributed by atoms with Crippen LogP contribution >= 0.6 is 0 Å². The third-order valence-corrected chi connectivity index (χ3v) is 1.58. The van der Waals surface area contributed by atoms with E-state index in [0.717, 1.165) is 6.54 Å². The van der Waals surface area contributed by atoms with Crippen LogP contribution < -0.4 is 0 Å². The van der Waals surface area contributed by atoms with Gasteiger partial charge in [-0.05, 0) is 19.4 Å². The Morgan fingerprint density at radius 1 is 1.70 bits per heavy atom. The maximum atomic E-state index is 4.04. The van der Waals surface area contributed by atoms with Crippen molar-refractivity contribution < 1.29 is 0 Å². The number of nitrogens with zero attached hydrogens (tertiary/aromatic N) is 2. The van der Waals surface area contributed by atoms with Crippen LogP contribution in [-0.2, 0) is 6.54 Å². The second kappa shape index (κ2) is 3.40. The molecule has 0 unspecified atom stereocenters. The normalized spacial score (nSPS) is 10.2. The Morgan fingerprint density at radius 3 is 3.00 bits per heavy atom. The third-order valence-electron chi connectivity index (χ3n) is 1.58. The average Bonchev–Trinajstić information content (AvgIpc) is 2.31. The van der Waals surface area contributed by atoms with Crippen molar-refractivity contribution in [3.63, 3.8) is 0 Å². The molecular weight excluding hydrogens is 124 g/mol. The predicted octanol–water partition coefficient (Wildman–Crippen LogP) is 1.79. The molecule has 2 nitrogen and oxygen atoms in total. The molecule has 0 amide bonds. The maximum Gasteiger partial charge on any atom is 0.113 e. The minimum absolute atomic E-state index is 1.03. The van der Waals surface area contributed by atoms with Crippen LogP contribution in [0, 0.1) is 13.1 Å². The van der Waals surface area contributed by atoms with E-state index in [1.807, 2.05) is 10.7 Å². The van der Waals surface area contributed by atoms with E-state index in [2.05, 4.69) is 25.1 Å². The summed E-state index contributed by atoms with van der Waals surface area (Å²) in [5, 5.41) is 4.04. The third kappa shape index (κ3) is 1.59. The molecular formula is C8H13N2. The lowest BCUT2D eigenvalue weighted by atomic mass is 10.3. The van der Waals surface area contributed by atoms with Crippen LogP contribution in [0.15, 0.2) is 6.07 Å². The molecule has 0 aliphatic rings. The van der Waals surface area contributed by atoms with Crippen molar-refractivity contribution in [1.29, 1.82) is 0 Å². The van der Waals surface area contributed by atoms with Crippen LogP contribution in [0.4, 0.5) is 0 Å². The predicted molar refractivity (Wildman–Crippen MR) is 40.7 cm³/mol. The number of aromatic nitrogens is 2. The molecule has 1 aromatic heterocycles. The quantitative estimate of drug-likeness (QED) is 0.621. The molecule has 1 aromatic rings. The zero-order valence-corrected chi connectivity index (χ0v) is 6.59. The van der Waals surface area contributed by atoms with E-state index in [-0.39, 0.29) is 0 Å². The van der Waals surface area contributed by atoms with Crippen LogP contribution in [0.1, 0.15) is 25.5 Å². The molecule has 10 heavy (non-hydrogen) atoms. The Hall–Kier alpha value is -0.790. The summed E-state index contributed by atoms with van der Waals surface area (Å²) in [4.78, 5) is 0. The molecule has 0 saturated carbocycles. The first-order valence-corrected chi connectivity index (χ1v) is 3.75. The van der Waals surface area contributed by atoms with Gasteiger partial charge < -0.3 is 0 Å². The Bertz CT molecular complexity index is 191. The maximum absolute atomic E-state index is 4.04.